The van der Waals surface area contributed by atoms with Crippen molar-refractivity contribution in [2.24, 2.45) is 0 Å². The molecule has 1 amide bonds. The summed E-state index contributed by atoms with van der Waals surface area (Å²) in [5.41, 5.74) is 0.519. The quantitative estimate of drug-likeness (QED) is 0.853. The van der Waals surface area contributed by atoms with E-state index in [9.17, 15) is 4.79 Å². The Balaban J connectivity index is 2.05. The maximum atomic E-state index is 11.9. The summed E-state index contributed by atoms with van der Waals surface area (Å²) in [6, 6.07) is 7.34. The van der Waals surface area contributed by atoms with Crippen LogP contribution in [0.3, 0.4) is 0 Å². The highest BCUT2D eigenvalue weighted by Gasteiger charge is 2.37. The second-order valence-corrected chi connectivity index (χ2v) is 5.41. The van der Waals surface area contributed by atoms with Gasteiger partial charge in [0.05, 0.1) is 5.54 Å². The molecular formula is C12H13BrClNO. The Bertz CT molecular complexity index is 381. The average molecular weight is 303 g/mol. The van der Waals surface area contributed by atoms with Gasteiger partial charge in [0.2, 0.25) is 0 Å². The molecule has 0 radical (unpaired) electrons. The lowest BCUT2D eigenvalue weighted by Crippen LogP contribution is -2.55. The SMILES string of the molecule is O=C(NC1(CCl)CCC1)c1ccc(Br)cc1. The fourth-order valence-corrected chi connectivity index (χ4v) is 2.41. The number of benzene rings is 1. The van der Waals surface area contributed by atoms with Gasteiger partial charge in [0, 0.05) is 15.9 Å². The molecule has 1 aliphatic carbocycles. The number of amides is 1. The van der Waals surface area contributed by atoms with Gasteiger partial charge in [-0.2, -0.15) is 0 Å². The monoisotopic (exact) mass is 301 g/mol. The Kier molecular flexibility index (Phi) is 3.55. The molecule has 0 spiro atoms. The van der Waals surface area contributed by atoms with Crippen molar-refractivity contribution in [2.75, 3.05) is 5.88 Å². The first-order valence-electron chi connectivity index (χ1n) is 5.29. The summed E-state index contributed by atoms with van der Waals surface area (Å²) in [6.07, 6.45) is 3.12. The summed E-state index contributed by atoms with van der Waals surface area (Å²) in [6.45, 7) is 0. The van der Waals surface area contributed by atoms with Gasteiger partial charge in [0.15, 0.2) is 0 Å². The average Bonchev–Trinajstić information content (AvgIpc) is 2.24. The van der Waals surface area contributed by atoms with Crippen LogP contribution in [0.15, 0.2) is 28.7 Å². The summed E-state index contributed by atoms with van der Waals surface area (Å²) in [5.74, 6) is 0.461. The number of nitrogens with one attached hydrogen (secondary N) is 1. The number of hydrogen-bond donors (Lipinski definition) is 1. The minimum Gasteiger partial charge on any atom is -0.345 e. The molecule has 1 N–H and O–H groups in total. The molecule has 0 atom stereocenters. The van der Waals surface area contributed by atoms with Crippen LogP contribution in [0.2, 0.25) is 0 Å². The molecule has 1 fully saturated rings. The number of carbonyl (C=O) groups excluding carboxylic acids is 1. The van der Waals surface area contributed by atoms with Crippen LogP contribution in [0.4, 0.5) is 0 Å². The fourth-order valence-electron chi connectivity index (χ4n) is 1.81. The third-order valence-electron chi connectivity index (χ3n) is 3.05. The van der Waals surface area contributed by atoms with Gasteiger partial charge in [0.25, 0.3) is 5.91 Å². The molecule has 0 bridgehead atoms. The molecule has 1 aliphatic rings. The lowest BCUT2D eigenvalue weighted by atomic mass is 9.78. The van der Waals surface area contributed by atoms with Gasteiger partial charge >= 0.3 is 0 Å². The molecule has 1 aromatic carbocycles. The maximum absolute atomic E-state index is 11.9. The van der Waals surface area contributed by atoms with Crippen molar-refractivity contribution in [3.05, 3.63) is 34.3 Å². The zero-order chi connectivity index (χ0) is 11.6. The zero-order valence-electron chi connectivity index (χ0n) is 8.80. The third-order valence-corrected chi connectivity index (χ3v) is 4.09. The first-order valence-corrected chi connectivity index (χ1v) is 6.62. The van der Waals surface area contributed by atoms with E-state index in [4.69, 9.17) is 11.6 Å². The summed E-state index contributed by atoms with van der Waals surface area (Å²) < 4.78 is 0.972. The number of hydrogen-bond acceptors (Lipinski definition) is 1. The van der Waals surface area contributed by atoms with E-state index in [1.807, 2.05) is 12.1 Å². The van der Waals surface area contributed by atoms with Gasteiger partial charge in [-0.05, 0) is 43.5 Å². The minimum absolute atomic E-state index is 0.0344. The van der Waals surface area contributed by atoms with Crippen LogP contribution < -0.4 is 5.32 Å². The maximum Gasteiger partial charge on any atom is 0.251 e. The van der Waals surface area contributed by atoms with Crippen molar-refractivity contribution in [1.82, 2.24) is 5.32 Å². The molecule has 86 valence electrons. The Morgan fingerprint density at radius 2 is 2.00 bits per heavy atom. The number of alkyl halides is 1. The van der Waals surface area contributed by atoms with Crippen LogP contribution >= 0.6 is 27.5 Å². The van der Waals surface area contributed by atoms with Gasteiger partial charge in [-0.25, -0.2) is 0 Å². The van der Waals surface area contributed by atoms with E-state index in [0.717, 1.165) is 23.7 Å². The third kappa shape index (κ3) is 2.41. The summed E-state index contributed by atoms with van der Waals surface area (Å²) >= 11 is 9.24. The Labute approximate surface area is 108 Å². The van der Waals surface area contributed by atoms with Crippen LogP contribution in [0.25, 0.3) is 0 Å². The molecule has 0 heterocycles. The number of halogens is 2. The lowest BCUT2D eigenvalue weighted by molar-refractivity contribution is 0.0854. The standard InChI is InChI=1S/C12H13BrClNO/c13-10-4-2-9(3-5-10)11(16)15-12(8-14)6-1-7-12/h2-5H,1,6-8H2,(H,15,16). The molecule has 1 saturated carbocycles. The Morgan fingerprint density at radius 3 is 2.44 bits per heavy atom. The van der Waals surface area contributed by atoms with Crippen molar-refractivity contribution in [3.63, 3.8) is 0 Å². The van der Waals surface area contributed by atoms with E-state index in [-0.39, 0.29) is 11.4 Å². The van der Waals surface area contributed by atoms with E-state index in [0.29, 0.717) is 11.4 Å². The molecule has 16 heavy (non-hydrogen) atoms. The Hall–Kier alpha value is -0.540. The van der Waals surface area contributed by atoms with Crippen molar-refractivity contribution < 1.29 is 4.79 Å². The molecule has 2 rings (SSSR count). The van der Waals surface area contributed by atoms with Crippen molar-refractivity contribution in [1.29, 1.82) is 0 Å². The highest BCUT2D eigenvalue weighted by Crippen LogP contribution is 2.33. The zero-order valence-corrected chi connectivity index (χ0v) is 11.1. The van der Waals surface area contributed by atoms with Crippen LogP contribution in [0, 0.1) is 0 Å². The van der Waals surface area contributed by atoms with Crippen LogP contribution in [-0.2, 0) is 0 Å². The fraction of sp³-hybridized carbons (Fsp3) is 0.417. The van der Waals surface area contributed by atoms with Gasteiger partial charge < -0.3 is 5.32 Å². The molecule has 0 saturated heterocycles. The van der Waals surface area contributed by atoms with Gasteiger partial charge in [-0.1, -0.05) is 15.9 Å². The second kappa shape index (κ2) is 4.76. The van der Waals surface area contributed by atoms with Gasteiger partial charge in [-0.3, -0.25) is 4.79 Å². The summed E-state index contributed by atoms with van der Waals surface area (Å²) in [5, 5.41) is 3.03. The van der Waals surface area contributed by atoms with Crippen LogP contribution in [0.5, 0.6) is 0 Å². The van der Waals surface area contributed by atoms with E-state index in [1.165, 1.54) is 0 Å². The van der Waals surface area contributed by atoms with E-state index >= 15 is 0 Å². The normalized spacial score (nSPS) is 17.6. The lowest BCUT2D eigenvalue weighted by Gasteiger charge is -2.41. The first-order chi connectivity index (χ1) is 7.65. The molecule has 1 aromatic rings. The Morgan fingerprint density at radius 1 is 1.38 bits per heavy atom. The molecule has 0 unspecified atom stereocenters. The predicted octanol–water partition coefficient (Wildman–Crippen LogP) is 3.34. The second-order valence-electron chi connectivity index (χ2n) is 4.23. The smallest absolute Gasteiger partial charge is 0.251 e. The van der Waals surface area contributed by atoms with Gasteiger partial charge in [-0.15, -0.1) is 11.6 Å². The topological polar surface area (TPSA) is 29.1 Å². The first kappa shape index (κ1) is 11.9. The summed E-state index contributed by atoms with van der Waals surface area (Å²) in [4.78, 5) is 11.9. The molecule has 0 aliphatic heterocycles. The van der Waals surface area contributed by atoms with E-state index < -0.39 is 0 Å². The van der Waals surface area contributed by atoms with Crippen LogP contribution in [-0.4, -0.2) is 17.3 Å². The summed E-state index contributed by atoms with van der Waals surface area (Å²) in [7, 11) is 0. The highest BCUT2D eigenvalue weighted by atomic mass is 79.9. The van der Waals surface area contributed by atoms with Gasteiger partial charge in [0.1, 0.15) is 0 Å². The molecular weight excluding hydrogens is 289 g/mol. The minimum atomic E-state index is -0.161. The molecule has 4 heteroatoms. The largest absolute Gasteiger partial charge is 0.345 e. The van der Waals surface area contributed by atoms with E-state index in [2.05, 4.69) is 21.2 Å². The van der Waals surface area contributed by atoms with Crippen LogP contribution in [0.1, 0.15) is 29.6 Å². The van der Waals surface area contributed by atoms with Crippen molar-refractivity contribution >= 4 is 33.4 Å². The van der Waals surface area contributed by atoms with E-state index in [1.54, 1.807) is 12.1 Å². The predicted molar refractivity (Wildman–Crippen MR) is 68.9 cm³/mol. The van der Waals surface area contributed by atoms with Crippen molar-refractivity contribution in [2.45, 2.75) is 24.8 Å². The number of rotatable bonds is 3. The molecule has 2 nitrogen and oxygen atoms in total. The highest BCUT2D eigenvalue weighted by molar-refractivity contribution is 9.10. The van der Waals surface area contributed by atoms with Crippen molar-refractivity contribution in [3.8, 4) is 0 Å². The molecule has 0 aromatic heterocycles. The number of carbonyl (C=O) groups is 1.